The van der Waals surface area contributed by atoms with Crippen molar-refractivity contribution in [1.29, 1.82) is 0 Å². The zero-order valence-corrected chi connectivity index (χ0v) is 8.76. The van der Waals surface area contributed by atoms with Gasteiger partial charge in [-0.15, -0.1) is 0 Å². The lowest BCUT2D eigenvalue weighted by Crippen LogP contribution is -1.85. The molecule has 0 aliphatic carbocycles. The van der Waals surface area contributed by atoms with Gasteiger partial charge in [-0.3, -0.25) is 0 Å². The van der Waals surface area contributed by atoms with E-state index < -0.39 is 0 Å². The van der Waals surface area contributed by atoms with Crippen LogP contribution in [0.2, 0.25) is 0 Å². The zero-order valence-electron chi connectivity index (χ0n) is 8.76. The van der Waals surface area contributed by atoms with E-state index in [1.54, 1.807) is 0 Å². The number of rotatable bonds is 0. The molecule has 2 aromatic rings. The Bertz CT molecular complexity index is 498. The molecule has 0 aliphatic rings. The van der Waals surface area contributed by atoms with E-state index in [1.165, 1.54) is 5.56 Å². The SMILES string of the molecule is Cc1ccc2c(C)ccc(C)c2c1O. The quantitative estimate of drug-likeness (QED) is 0.668. The van der Waals surface area contributed by atoms with Gasteiger partial charge in [0, 0.05) is 5.39 Å². The van der Waals surface area contributed by atoms with Crippen molar-refractivity contribution in [3.05, 3.63) is 41.0 Å². The van der Waals surface area contributed by atoms with Crippen LogP contribution in [0.15, 0.2) is 24.3 Å². The molecule has 0 fully saturated rings. The summed E-state index contributed by atoms with van der Waals surface area (Å²) in [6.07, 6.45) is 0. The summed E-state index contributed by atoms with van der Waals surface area (Å²) >= 11 is 0. The third-order valence-electron chi connectivity index (χ3n) is 2.78. The molecule has 0 amide bonds. The first-order valence-electron chi connectivity index (χ1n) is 4.79. The summed E-state index contributed by atoms with van der Waals surface area (Å²) < 4.78 is 0. The lowest BCUT2D eigenvalue weighted by atomic mass is 9.98. The van der Waals surface area contributed by atoms with Crippen molar-refractivity contribution < 1.29 is 5.11 Å². The molecule has 1 N–H and O–H groups in total. The highest BCUT2D eigenvalue weighted by atomic mass is 16.3. The van der Waals surface area contributed by atoms with Crippen molar-refractivity contribution in [3.63, 3.8) is 0 Å². The van der Waals surface area contributed by atoms with Crippen LogP contribution >= 0.6 is 0 Å². The predicted molar refractivity (Wildman–Crippen MR) is 59.8 cm³/mol. The molecule has 0 saturated heterocycles. The third kappa shape index (κ3) is 1.17. The first-order valence-corrected chi connectivity index (χ1v) is 4.79. The van der Waals surface area contributed by atoms with E-state index in [4.69, 9.17) is 0 Å². The first-order chi connectivity index (χ1) is 6.61. The van der Waals surface area contributed by atoms with E-state index in [0.29, 0.717) is 5.75 Å². The molecule has 0 aliphatic heterocycles. The summed E-state index contributed by atoms with van der Waals surface area (Å²) in [5, 5.41) is 12.1. The Morgan fingerprint density at radius 2 is 1.36 bits per heavy atom. The van der Waals surface area contributed by atoms with Crippen molar-refractivity contribution in [2.24, 2.45) is 0 Å². The van der Waals surface area contributed by atoms with Gasteiger partial charge in [0.1, 0.15) is 5.75 Å². The molecule has 0 spiro atoms. The molecule has 14 heavy (non-hydrogen) atoms. The number of hydrogen-bond acceptors (Lipinski definition) is 1. The molecule has 0 radical (unpaired) electrons. The summed E-state index contributed by atoms with van der Waals surface area (Å²) in [4.78, 5) is 0. The largest absolute Gasteiger partial charge is 0.507 e. The maximum absolute atomic E-state index is 9.96. The molecule has 0 saturated carbocycles. The monoisotopic (exact) mass is 186 g/mol. The number of fused-ring (bicyclic) bond motifs is 1. The molecule has 0 aromatic heterocycles. The summed E-state index contributed by atoms with van der Waals surface area (Å²) in [6.45, 7) is 6.02. The summed E-state index contributed by atoms with van der Waals surface area (Å²) in [7, 11) is 0. The van der Waals surface area contributed by atoms with Gasteiger partial charge in [0.2, 0.25) is 0 Å². The summed E-state index contributed by atoms with van der Waals surface area (Å²) in [6, 6.07) is 8.18. The average Bonchev–Trinajstić information content (AvgIpc) is 2.16. The number of phenolic OH excluding ortho intramolecular Hbond substituents is 1. The highest BCUT2D eigenvalue weighted by Crippen LogP contribution is 2.32. The van der Waals surface area contributed by atoms with Gasteiger partial charge in [0.15, 0.2) is 0 Å². The van der Waals surface area contributed by atoms with Crippen molar-refractivity contribution in [2.45, 2.75) is 20.8 Å². The van der Waals surface area contributed by atoms with Crippen LogP contribution in [-0.4, -0.2) is 5.11 Å². The highest BCUT2D eigenvalue weighted by molar-refractivity contribution is 5.94. The van der Waals surface area contributed by atoms with Crippen molar-refractivity contribution in [3.8, 4) is 5.75 Å². The molecule has 1 heteroatoms. The Morgan fingerprint density at radius 1 is 0.786 bits per heavy atom. The Hall–Kier alpha value is -1.50. The Labute approximate surface area is 84.0 Å². The molecular formula is C13H14O. The standard InChI is InChI=1S/C13H14O/c1-8-4-5-9(2)12-11(8)7-6-10(3)13(12)14/h4-7,14H,1-3H3. The first kappa shape index (κ1) is 9.07. The van der Waals surface area contributed by atoms with Gasteiger partial charge in [-0.05, 0) is 42.8 Å². The molecule has 2 aromatic carbocycles. The van der Waals surface area contributed by atoms with Gasteiger partial charge in [-0.2, -0.15) is 0 Å². The van der Waals surface area contributed by atoms with Crippen LogP contribution in [-0.2, 0) is 0 Å². The van der Waals surface area contributed by atoms with Crippen LogP contribution in [0.25, 0.3) is 10.8 Å². The summed E-state index contributed by atoms with van der Waals surface area (Å²) in [5.74, 6) is 0.420. The minimum Gasteiger partial charge on any atom is -0.507 e. The molecule has 0 unspecified atom stereocenters. The second-order valence-corrected chi connectivity index (χ2v) is 3.85. The highest BCUT2D eigenvalue weighted by Gasteiger charge is 2.06. The Kier molecular flexibility index (Phi) is 1.95. The maximum atomic E-state index is 9.96. The van der Waals surface area contributed by atoms with E-state index in [2.05, 4.69) is 25.1 Å². The molecule has 0 atom stereocenters. The normalized spacial score (nSPS) is 10.8. The molecule has 2 rings (SSSR count). The molecule has 0 heterocycles. The second kappa shape index (κ2) is 3.02. The fourth-order valence-corrected chi connectivity index (χ4v) is 1.85. The zero-order chi connectivity index (χ0) is 10.3. The van der Waals surface area contributed by atoms with Crippen LogP contribution in [0.1, 0.15) is 16.7 Å². The van der Waals surface area contributed by atoms with Crippen molar-refractivity contribution in [1.82, 2.24) is 0 Å². The van der Waals surface area contributed by atoms with E-state index in [0.717, 1.165) is 21.9 Å². The fourth-order valence-electron chi connectivity index (χ4n) is 1.85. The van der Waals surface area contributed by atoms with E-state index >= 15 is 0 Å². The number of aryl methyl sites for hydroxylation is 3. The lowest BCUT2D eigenvalue weighted by Gasteiger charge is -2.09. The topological polar surface area (TPSA) is 20.2 Å². The Morgan fingerprint density at radius 3 is 2.07 bits per heavy atom. The van der Waals surface area contributed by atoms with Crippen molar-refractivity contribution >= 4 is 10.8 Å². The maximum Gasteiger partial charge on any atom is 0.126 e. The number of hydrogen-bond donors (Lipinski definition) is 1. The second-order valence-electron chi connectivity index (χ2n) is 3.85. The third-order valence-corrected chi connectivity index (χ3v) is 2.78. The van der Waals surface area contributed by atoms with Gasteiger partial charge in [0.25, 0.3) is 0 Å². The number of benzene rings is 2. The van der Waals surface area contributed by atoms with Crippen LogP contribution in [0.5, 0.6) is 5.75 Å². The van der Waals surface area contributed by atoms with Gasteiger partial charge in [-0.25, -0.2) is 0 Å². The predicted octanol–water partition coefficient (Wildman–Crippen LogP) is 3.47. The number of aromatic hydroxyl groups is 1. The molecular weight excluding hydrogens is 172 g/mol. The molecule has 72 valence electrons. The van der Waals surface area contributed by atoms with Crippen LogP contribution in [0.3, 0.4) is 0 Å². The minimum atomic E-state index is 0.420. The lowest BCUT2D eigenvalue weighted by molar-refractivity contribution is 0.477. The fraction of sp³-hybridized carbons (Fsp3) is 0.231. The smallest absolute Gasteiger partial charge is 0.126 e. The van der Waals surface area contributed by atoms with Gasteiger partial charge < -0.3 is 5.11 Å². The van der Waals surface area contributed by atoms with Crippen LogP contribution in [0, 0.1) is 20.8 Å². The molecule has 0 bridgehead atoms. The van der Waals surface area contributed by atoms with E-state index in [9.17, 15) is 5.11 Å². The van der Waals surface area contributed by atoms with Crippen LogP contribution in [0.4, 0.5) is 0 Å². The van der Waals surface area contributed by atoms with Gasteiger partial charge in [-0.1, -0.05) is 24.3 Å². The minimum absolute atomic E-state index is 0.420. The van der Waals surface area contributed by atoms with E-state index in [-0.39, 0.29) is 0 Å². The number of phenols is 1. The van der Waals surface area contributed by atoms with Crippen LogP contribution < -0.4 is 0 Å². The average molecular weight is 186 g/mol. The summed E-state index contributed by atoms with van der Waals surface area (Å²) in [5.41, 5.74) is 3.28. The van der Waals surface area contributed by atoms with Gasteiger partial charge >= 0.3 is 0 Å². The Balaban J connectivity index is 3.01. The van der Waals surface area contributed by atoms with Crippen molar-refractivity contribution in [2.75, 3.05) is 0 Å². The molecule has 1 nitrogen and oxygen atoms in total. The van der Waals surface area contributed by atoms with E-state index in [1.807, 2.05) is 19.9 Å². The van der Waals surface area contributed by atoms with Gasteiger partial charge in [0.05, 0.1) is 0 Å².